The van der Waals surface area contributed by atoms with Gasteiger partial charge in [0.25, 0.3) is 5.91 Å². The van der Waals surface area contributed by atoms with Crippen LogP contribution in [-0.4, -0.2) is 40.3 Å². The molecule has 1 N–H and O–H groups in total. The van der Waals surface area contributed by atoms with Gasteiger partial charge in [0.1, 0.15) is 17.3 Å². The number of nitriles is 2. The van der Waals surface area contributed by atoms with Crippen molar-refractivity contribution in [2.45, 2.75) is 37.1 Å². The van der Waals surface area contributed by atoms with Gasteiger partial charge in [-0.2, -0.15) is 20.3 Å². The molecular formula is C20H19N7O3S2. The molecule has 10 nitrogen and oxygen atoms in total. The van der Waals surface area contributed by atoms with E-state index in [0.717, 1.165) is 17.6 Å². The maximum Gasteiger partial charge on any atom is 0.251 e. The van der Waals surface area contributed by atoms with Gasteiger partial charge < -0.3 is 5.32 Å². The molecule has 0 fully saturated rings. The van der Waals surface area contributed by atoms with Crippen LogP contribution in [0.3, 0.4) is 0 Å². The predicted octanol–water partition coefficient (Wildman–Crippen LogP) is 2.29. The number of hydrogen-bond donors (Lipinski definition) is 1. The molecule has 3 rings (SSSR count). The molecule has 0 radical (unpaired) electrons. The largest absolute Gasteiger partial charge is 0.342 e. The standard InChI is InChI=1S/C20H19N7O3S2/c1-12(17-24-11-25-27(17)19-23-9-15(8-21)31-19)26-18(28)13-5-14(20(2,3)10-22)7-16(6-13)32(4,29)30/h5-7,9,11-12H,1-4H3,(H,26,28)/t12-/m0/s1. The Kier molecular flexibility index (Phi) is 6.12. The summed E-state index contributed by atoms with van der Waals surface area (Å²) in [5.74, 6) is -0.154. The minimum atomic E-state index is -3.61. The molecule has 0 saturated carbocycles. The third kappa shape index (κ3) is 4.66. The van der Waals surface area contributed by atoms with E-state index in [-0.39, 0.29) is 10.5 Å². The van der Waals surface area contributed by atoms with Gasteiger partial charge in [-0.05, 0) is 44.5 Å². The van der Waals surface area contributed by atoms with Crippen molar-refractivity contribution in [3.05, 3.63) is 52.6 Å². The van der Waals surface area contributed by atoms with Gasteiger partial charge in [0.05, 0.1) is 28.6 Å². The first kappa shape index (κ1) is 23.1. The lowest BCUT2D eigenvalue weighted by Gasteiger charge is -2.19. The van der Waals surface area contributed by atoms with Crippen molar-refractivity contribution in [2.75, 3.05) is 6.26 Å². The molecule has 12 heteroatoms. The maximum absolute atomic E-state index is 13.0. The summed E-state index contributed by atoms with van der Waals surface area (Å²) in [6.07, 6.45) is 3.77. The number of aromatic nitrogens is 4. The molecule has 0 aliphatic rings. The molecule has 0 spiro atoms. The normalized spacial score (nSPS) is 12.6. The second-order valence-corrected chi connectivity index (χ2v) is 10.6. The predicted molar refractivity (Wildman–Crippen MR) is 116 cm³/mol. The van der Waals surface area contributed by atoms with Gasteiger partial charge in [-0.25, -0.2) is 18.4 Å². The van der Waals surface area contributed by atoms with Crippen LogP contribution in [-0.2, 0) is 15.3 Å². The molecule has 1 atom stereocenters. The van der Waals surface area contributed by atoms with Gasteiger partial charge in [0.2, 0.25) is 5.13 Å². The van der Waals surface area contributed by atoms with Crippen LogP contribution in [0.25, 0.3) is 5.13 Å². The maximum atomic E-state index is 13.0. The minimum absolute atomic E-state index is 0.0499. The fraction of sp³-hybridized carbons (Fsp3) is 0.300. The van der Waals surface area contributed by atoms with E-state index in [0.29, 0.717) is 21.4 Å². The molecule has 2 heterocycles. The third-order valence-corrected chi connectivity index (χ3v) is 6.66. The Labute approximate surface area is 189 Å². The van der Waals surface area contributed by atoms with Crippen molar-refractivity contribution >= 4 is 27.1 Å². The van der Waals surface area contributed by atoms with Crippen molar-refractivity contribution in [3.63, 3.8) is 0 Å². The first-order chi connectivity index (χ1) is 15.0. The monoisotopic (exact) mass is 469 g/mol. The molecule has 0 bridgehead atoms. The van der Waals surface area contributed by atoms with Gasteiger partial charge in [-0.15, -0.1) is 0 Å². The van der Waals surface area contributed by atoms with E-state index in [2.05, 4.69) is 26.5 Å². The van der Waals surface area contributed by atoms with Crippen LogP contribution in [0.2, 0.25) is 0 Å². The lowest BCUT2D eigenvalue weighted by atomic mass is 9.85. The van der Waals surface area contributed by atoms with Gasteiger partial charge >= 0.3 is 0 Å². The second-order valence-electron chi connectivity index (χ2n) is 7.60. The number of sulfone groups is 1. The van der Waals surface area contributed by atoms with Crippen LogP contribution in [0.15, 0.2) is 35.6 Å². The first-order valence-electron chi connectivity index (χ1n) is 9.30. The number of rotatable bonds is 6. The van der Waals surface area contributed by atoms with Crippen molar-refractivity contribution in [1.29, 1.82) is 10.5 Å². The number of amides is 1. The van der Waals surface area contributed by atoms with E-state index in [4.69, 9.17) is 5.26 Å². The summed E-state index contributed by atoms with van der Waals surface area (Å²) in [5, 5.41) is 25.8. The quantitative estimate of drug-likeness (QED) is 0.576. The number of hydrogen-bond acceptors (Lipinski definition) is 9. The number of nitrogens with zero attached hydrogens (tertiary/aromatic N) is 6. The number of carbonyl (C=O) groups is 1. The molecule has 0 aliphatic carbocycles. The highest BCUT2D eigenvalue weighted by Crippen LogP contribution is 2.27. The van der Waals surface area contributed by atoms with Crippen LogP contribution in [0.5, 0.6) is 0 Å². The molecule has 3 aromatic rings. The summed E-state index contributed by atoms with van der Waals surface area (Å²) in [6.45, 7) is 4.98. The van der Waals surface area contributed by atoms with Gasteiger partial charge in [-0.3, -0.25) is 4.79 Å². The summed E-state index contributed by atoms with van der Waals surface area (Å²) in [4.78, 5) is 21.7. The average Bonchev–Trinajstić information content (AvgIpc) is 3.41. The fourth-order valence-electron chi connectivity index (χ4n) is 2.82. The van der Waals surface area contributed by atoms with E-state index >= 15 is 0 Å². The smallest absolute Gasteiger partial charge is 0.251 e. The van der Waals surface area contributed by atoms with Gasteiger partial charge in [0.15, 0.2) is 15.7 Å². The van der Waals surface area contributed by atoms with Gasteiger partial charge in [0, 0.05) is 11.8 Å². The molecular weight excluding hydrogens is 450 g/mol. The Morgan fingerprint density at radius 2 is 1.97 bits per heavy atom. The van der Waals surface area contributed by atoms with Crippen LogP contribution < -0.4 is 5.32 Å². The van der Waals surface area contributed by atoms with Crippen LogP contribution in [0, 0.1) is 22.7 Å². The lowest BCUT2D eigenvalue weighted by molar-refractivity contribution is 0.0937. The van der Waals surface area contributed by atoms with E-state index in [1.807, 2.05) is 6.07 Å². The molecule has 0 unspecified atom stereocenters. The highest BCUT2D eigenvalue weighted by atomic mass is 32.2. The zero-order valence-electron chi connectivity index (χ0n) is 17.7. The van der Waals surface area contributed by atoms with E-state index in [9.17, 15) is 18.5 Å². The lowest BCUT2D eigenvalue weighted by Crippen LogP contribution is -2.29. The van der Waals surface area contributed by atoms with Crippen LogP contribution in [0.1, 0.15) is 53.4 Å². The highest BCUT2D eigenvalue weighted by molar-refractivity contribution is 7.90. The molecule has 164 valence electrons. The Bertz CT molecular complexity index is 1370. The van der Waals surface area contributed by atoms with Crippen LogP contribution in [0.4, 0.5) is 0 Å². The summed E-state index contributed by atoms with van der Waals surface area (Å²) in [5.41, 5.74) is -0.481. The molecule has 0 aliphatic heterocycles. The molecule has 2 aromatic heterocycles. The van der Waals surface area contributed by atoms with Crippen molar-refractivity contribution in [1.82, 2.24) is 25.1 Å². The number of thiazole rings is 1. The van der Waals surface area contributed by atoms with Crippen molar-refractivity contribution in [3.8, 4) is 17.3 Å². The topological polar surface area (TPSA) is 154 Å². The number of carbonyl (C=O) groups excluding carboxylic acids is 1. The first-order valence-corrected chi connectivity index (χ1v) is 12.0. The van der Waals surface area contributed by atoms with E-state index < -0.39 is 27.2 Å². The summed E-state index contributed by atoms with van der Waals surface area (Å²) in [7, 11) is -3.61. The summed E-state index contributed by atoms with van der Waals surface area (Å²) < 4.78 is 25.7. The molecule has 0 saturated heterocycles. The Morgan fingerprint density at radius 3 is 2.56 bits per heavy atom. The van der Waals surface area contributed by atoms with E-state index in [1.165, 1.54) is 35.4 Å². The zero-order chi connectivity index (χ0) is 23.7. The van der Waals surface area contributed by atoms with E-state index in [1.54, 1.807) is 20.8 Å². The minimum Gasteiger partial charge on any atom is -0.342 e. The number of benzene rings is 1. The Balaban J connectivity index is 1.94. The SMILES string of the molecule is C[C@H](NC(=O)c1cc(C(C)(C)C#N)cc(S(C)(=O)=O)c1)c1ncnn1-c1ncc(C#N)s1. The third-order valence-electron chi connectivity index (χ3n) is 4.69. The Morgan fingerprint density at radius 1 is 1.25 bits per heavy atom. The molecule has 1 aromatic carbocycles. The zero-order valence-corrected chi connectivity index (χ0v) is 19.3. The number of nitrogens with one attached hydrogen (secondary N) is 1. The average molecular weight is 470 g/mol. The van der Waals surface area contributed by atoms with Crippen LogP contribution >= 0.6 is 11.3 Å². The Hall–Kier alpha value is -3.61. The summed E-state index contributed by atoms with van der Waals surface area (Å²) >= 11 is 1.13. The second kappa shape index (κ2) is 8.49. The fourth-order valence-corrected chi connectivity index (χ4v) is 4.18. The highest BCUT2D eigenvalue weighted by Gasteiger charge is 2.25. The van der Waals surface area contributed by atoms with Crippen molar-refractivity contribution < 1.29 is 13.2 Å². The molecule has 1 amide bonds. The van der Waals surface area contributed by atoms with Gasteiger partial charge in [-0.1, -0.05) is 11.3 Å². The molecule has 32 heavy (non-hydrogen) atoms. The van der Waals surface area contributed by atoms with Crippen molar-refractivity contribution in [2.24, 2.45) is 0 Å². The summed E-state index contributed by atoms with van der Waals surface area (Å²) in [6, 6.07) is 7.70.